The van der Waals surface area contributed by atoms with E-state index in [-0.39, 0.29) is 23.7 Å². The van der Waals surface area contributed by atoms with Gasteiger partial charge in [0.05, 0.1) is 0 Å². The first kappa shape index (κ1) is 14.0. The molecule has 0 aromatic rings. The van der Waals surface area contributed by atoms with Gasteiger partial charge in [-0.25, -0.2) is 0 Å². The number of hydrogen-bond acceptors (Lipinski definition) is 2. The quantitative estimate of drug-likeness (QED) is 0.731. The van der Waals surface area contributed by atoms with Gasteiger partial charge in [0.2, 0.25) is 11.8 Å². The molecule has 0 atom stereocenters. The first-order valence-corrected chi connectivity index (χ1v) is 6.51. The fourth-order valence-corrected chi connectivity index (χ4v) is 2.09. The van der Waals surface area contributed by atoms with Crippen LogP contribution in [0.15, 0.2) is 0 Å². The van der Waals surface area contributed by atoms with Crippen LogP contribution in [0, 0.1) is 11.8 Å². The van der Waals surface area contributed by atoms with Gasteiger partial charge in [0.15, 0.2) is 0 Å². The highest BCUT2D eigenvalue weighted by Crippen LogP contribution is 2.10. The lowest BCUT2D eigenvalue weighted by molar-refractivity contribution is -0.136. The van der Waals surface area contributed by atoms with Crippen LogP contribution < -0.4 is 0 Å². The largest absolute Gasteiger partial charge is 0.341 e. The normalized spacial score (nSPS) is 17.5. The number of amides is 2. The van der Waals surface area contributed by atoms with E-state index in [9.17, 15) is 9.59 Å². The molecule has 0 aromatic carbocycles. The average molecular weight is 240 g/mol. The first-order valence-electron chi connectivity index (χ1n) is 6.51. The molecule has 1 rings (SSSR count). The van der Waals surface area contributed by atoms with Gasteiger partial charge in [0.25, 0.3) is 0 Å². The van der Waals surface area contributed by atoms with Crippen molar-refractivity contribution in [1.29, 1.82) is 0 Å². The van der Waals surface area contributed by atoms with E-state index >= 15 is 0 Å². The van der Waals surface area contributed by atoms with Crippen LogP contribution in [-0.2, 0) is 9.59 Å². The Labute approximate surface area is 104 Å². The van der Waals surface area contributed by atoms with E-state index in [1.165, 1.54) is 0 Å². The molecule has 0 spiro atoms. The van der Waals surface area contributed by atoms with Gasteiger partial charge in [-0.2, -0.15) is 0 Å². The fourth-order valence-electron chi connectivity index (χ4n) is 2.09. The van der Waals surface area contributed by atoms with Crippen LogP contribution in [0.3, 0.4) is 0 Å². The minimum absolute atomic E-state index is 0.0438. The maximum atomic E-state index is 11.9. The number of carbonyl (C=O) groups is 2. The molecular formula is C13H24N2O2. The van der Waals surface area contributed by atoms with Gasteiger partial charge >= 0.3 is 0 Å². The summed E-state index contributed by atoms with van der Waals surface area (Å²) in [5.41, 5.74) is 0. The smallest absolute Gasteiger partial charge is 0.225 e. The van der Waals surface area contributed by atoms with Crippen molar-refractivity contribution in [2.75, 3.05) is 26.2 Å². The van der Waals surface area contributed by atoms with Crippen molar-refractivity contribution in [2.45, 2.75) is 34.1 Å². The highest BCUT2D eigenvalue weighted by Gasteiger charge is 2.24. The van der Waals surface area contributed by atoms with E-state index in [1.54, 1.807) is 0 Å². The molecule has 0 radical (unpaired) electrons. The van der Waals surface area contributed by atoms with Crippen molar-refractivity contribution in [3.8, 4) is 0 Å². The van der Waals surface area contributed by atoms with E-state index in [4.69, 9.17) is 0 Å². The maximum Gasteiger partial charge on any atom is 0.225 e. The lowest BCUT2D eigenvalue weighted by Gasteiger charge is -2.24. The van der Waals surface area contributed by atoms with Gasteiger partial charge in [-0.15, -0.1) is 0 Å². The Balaban J connectivity index is 2.56. The van der Waals surface area contributed by atoms with Crippen molar-refractivity contribution >= 4 is 11.8 Å². The van der Waals surface area contributed by atoms with Gasteiger partial charge < -0.3 is 9.80 Å². The molecule has 17 heavy (non-hydrogen) atoms. The number of nitrogens with zero attached hydrogens (tertiary/aromatic N) is 2. The zero-order valence-corrected chi connectivity index (χ0v) is 11.4. The Morgan fingerprint density at radius 2 is 1.12 bits per heavy atom. The van der Waals surface area contributed by atoms with Crippen LogP contribution in [0.1, 0.15) is 34.1 Å². The van der Waals surface area contributed by atoms with E-state index in [0.717, 1.165) is 19.5 Å². The minimum Gasteiger partial charge on any atom is -0.341 e. The summed E-state index contributed by atoms with van der Waals surface area (Å²) in [7, 11) is 0. The monoisotopic (exact) mass is 240 g/mol. The van der Waals surface area contributed by atoms with Crippen LogP contribution in [0.4, 0.5) is 0 Å². The third-order valence-electron chi connectivity index (χ3n) is 3.11. The summed E-state index contributed by atoms with van der Waals surface area (Å²) in [5, 5.41) is 0. The number of rotatable bonds is 2. The second-order valence-electron chi connectivity index (χ2n) is 5.31. The van der Waals surface area contributed by atoms with E-state index in [0.29, 0.717) is 13.1 Å². The lowest BCUT2D eigenvalue weighted by Crippen LogP contribution is -2.40. The summed E-state index contributed by atoms with van der Waals surface area (Å²) in [6.45, 7) is 10.6. The van der Waals surface area contributed by atoms with Crippen molar-refractivity contribution in [3.63, 3.8) is 0 Å². The summed E-state index contributed by atoms with van der Waals surface area (Å²) in [6, 6.07) is 0. The average Bonchev–Trinajstić information content (AvgIpc) is 2.52. The Hall–Kier alpha value is -1.06. The summed E-state index contributed by atoms with van der Waals surface area (Å²) in [6.07, 6.45) is 0.886. The SMILES string of the molecule is CC(C)C(=O)N1CCCN(C(=O)C(C)C)CC1. The molecule has 1 fully saturated rings. The molecule has 0 N–H and O–H groups in total. The Morgan fingerprint density at radius 3 is 1.41 bits per heavy atom. The Bertz CT molecular complexity index is 259. The zero-order valence-electron chi connectivity index (χ0n) is 11.4. The molecule has 0 bridgehead atoms. The van der Waals surface area contributed by atoms with Crippen LogP contribution >= 0.6 is 0 Å². The minimum atomic E-state index is 0.0438. The van der Waals surface area contributed by atoms with Crippen molar-refractivity contribution in [3.05, 3.63) is 0 Å². The third-order valence-corrected chi connectivity index (χ3v) is 3.11. The molecule has 2 amide bonds. The molecular weight excluding hydrogens is 216 g/mol. The Kier molecular flexibility index (Phi) is 4.97. The standard InChI is InChI=1S/C13H24N2O2/c1-10(2)12(16)14-6-5-7-15(9-8-14)13(17)11(3)4/h10-11H,5-9H2,1-4H3. The van der Waals surface area contributed by atoms with Crippen LogP contribution in [-0.4, -0.2) is 47.8 Å². The van der Waals surface area contributed by atoms with Crippen LogP contribution in [0.5, 0.6) is 0 Å². The van der Waals surface area contributed by atoms with E-state index in [2.05, 4.69) is 0 Å². The second-order valence-corrected chi connectivity index (χ2v) is 5.31. The van der Waals surface area contributed by atoms with Gasteiger partial charge in [0.1, 0.15) is 0 Å². The van der Waals surface area contributed by atoms with Gasteiger partial charge in [-0.1, -0.05) is 27.7 Å². The van der Waals surface area contributed by atoms with E-state index < -0.39 is 0 Å². The zero-order chi connectivity index (χ0) is 13.0. The van der Waals surface area contributed by atoms with Gasteiger partial charge in [-0.3, -0.25) is 9.59 Å². The van der Waals surface area contributed by atoms with Crippen molar-refractivity contribution in [1.82, 2.24) is 9.80 Å². The van der Waals surface area contributed by atoms with E-state index in [1.807, 2.05) is 37.5 Å². The van der Waals surface area contributed by atoms with Gasteiger partial charge in [-0.05, 0) is 6.42 Å². The first-order chi connectivity index (χ1) is 7.93. The molecule has 1 saturated heterocycles. The number of carbonyl (C=O) groups excluding carboxylic acids is 2. The molecule has 4 heteroatoms. The lowest BCUT2D eigenvalue weighted by atomic mass is 10.2. The van der Waals surface area contributed by atoms with Crippen LogP contribution in [0.25, 0.3) is 0 Å². The third kappa shape index (κ3) is 3.72. The number of hydrogen-bond donors (Lipinski definition) is 0. The predicted octanol–water partition coefficient (Wildman–Crippen LogP) is 1.36. The maximum absolute atomic E-state index is 11.9. The van der Waals surface area contributed by atoms with Crippen molar-refractivity contribution < 1.29 is 9.59 Å². The summed E-state index contributed by atoms with van der Waals surface area (Å²) in [4.78, 5) is 27.5. The summed E-state index contributed by atoms with van der Waals surface area (Å²) in [5.74, 6) is 0.484. The highest BCUT2D eigenvalue weighted by atomic mass is 16.2. The topological polar surface area (TPSA) is 40.6 Å². The molecule has 98 valence electrons. The second kappa shape index (κ2) is 6.03. The molecule has 0 aromatic heterocycles. The predicted molar refractivity (Wildman–Crippen MR) is 67.5 cm³/mol. The molecule has 4 nitrogen and oxygen atoms in total. The summed E-state index contributed by atoms with van der Waals surface area (Å²) >= 11 is 0. The van der Waals surface area contributed by atoms with Gasteiger partial charge in [0, 0.05) is 38.0 Å². The van der Waals surface area contributed by atoms with Crippen molar-refractivity contribution in [2.24, 2.45) is 11.8 Å². The fraction of sp³-hybridized carbons (Fsp3) is 0.846. The van der Waals surface area contributed by atoms with Crippen LogP contribution in [0.2, 0.25) is 0 Å². The molecule has 0 unspecified atom stereocenters. The Morgan fingerprint density at radius 1 is 0.765 bits per heavy atom. The molecule has 1 aliphatic rings. The highest BCUT2D eigenvalue weighted by molar-refractivity contribution is 5.79. The molecule has 0 aliphatic carbocycles. The molecule has 1 heterocycles. The summed E-state index contributed by atoms with van der Waals surface area (Å²) < 4.78 is 0. The molecule has 1 aliphatic heterocycles. The molecule has 0 saturated carbocycles.